The SMILES string of the molecule is Cc1ccc(S(=O)(=O)OCCCCCCCCC=C[S+]2c3ccccc3Sc3ccccc32)cc1.F[B-](F)(F)F. The molecule has 0 amide bonds. The number of unbranched alkanes of at least 4 members (excludes halogenated alkanes) is 6. The van der Waals surface area contributed by atoms with Gasteiger partial charge in [-0.3, -0.25) is 4.18 Å². The van der Waals surface area contributed by atoms with Gasteiger partial charge in [0.1, 0.15) is 5.41 Å². The summed E-state index contributed by atoms with van der Waals surface area (Å²) in [6.07, 6.45) is 9.88. The molecule has 216 valence electrons. The van der Waals surface area contributed by atoms with Crippen molar-refractivity contribution < 1.29 is 29.9 Å². The van der Waals surface area contributed by atoms with Gasteiger partial charge in [0.25, 0.3) is 10.1 Å². The van der Waals surface area contributed by atoms with Crippen LogP contribution in [0.15, 0.2) is 109 Å². The number of aryl methyl sites for hydroxylation is 1. The van der Waals surface area contributed by atoms with Gasteiger partial charge in [-0.15, -0.1) is 0 Å². The highest BCUT2D eigenvalue weighted by molar-refractivity contribution is 8.05. The molecule has 1 heterocycles. The van der Waals surface area contributed by atoms with Crippen molar-refractivity contribution in [1.29, 1.82) is 0 Å². The van der Waals surface area contributed by atoms with Crippen molar-refractivity contribution in [2.75, 3.05) is 6.61 Å². The molecule has 1 aliphatic heterocycles. The third kappa shape index (κ3) is 11.0. The van der Waals surface area contributed by atoms with E-state index in [1.807, 2.05) is 18.7 Å². The van der Waals surface area contributed by atoms with Gasteiger partial charge in [0.2, 0.25) is 0 Å². The highest BCUT2D eigenvalue weighted by Gasteiger charge is 2.33. The van der Waals surface area contributed by atoms with Crippen molar-refractivity contribution in [3.8, 4) is 0 Å². The Morgan fingerprint density at radius 3 is 1.85 bits per heavy atom. The zero-order valence-electron chi connectivity index (χ0n) is 22.3. The van der Waals surface area contributed by atoms with Gasteiger partial charge >= 0.3 is 7.25 Å². The summed E-state index contributed by atoms with van der Waals surface area (Å²) in [5.41, 5.74) is 1.03. The first-order valence-corrected chi connectivity index (χ1v) is 16.6. The Labute approximate surface area is 242 Å². The van der Waals surface area contributed by atoms with Crippen molar-refractivity contribution >= 4 is 40.0 Å². The standard InChI is InChI=1S/C29H33O3S3.BF4/c1-24-18-20-25(21-19-24)35(30,31)32-22-12-6-4-2-3-5-7-13-23-34-28-16-10-8-14-26(28)33-27-15-9-11-17-29(27)34;2-1(3,4)5/h8-11,13-21,23H,2-7,12,22H2,1H3;/q+1;-1. The number of hydrogen-bond acceptors (Lipinski definition) is 4. The largest absolute Gasteiger partial charge is 0.673 e. The van der Waals surface area contributed by atoms with Gasteiger partial charge in [-0.1, -0.05) is 79.4 Å². The van der Waals surface area contributed by atoms with Crippen molar-refractivity contribution in [2.24, 2.45) is 0 Å². The van der Waals surface area contributed by atoms with Crippen LogP contribution < -0.4 is 0 Å². The average molecular weight is 613 g/mol. The maximum Gasteiger partial charge on any atom is 0.673 e. The lowest BCUT2D eigenvalue weighted by Crippen LogP contribution is -2.07. The molecule has 0 N–H and O–H groups in total. The van der Waals surface area contributed by atoms with Crippen LogP contribution in [0.3, 0.4) is 0 Å². The van der Waals surface area contributed by atoms with Gasteiger partial charge in [0.05, 0.1) is 32.2 Å². The van der Waals surface area contributed by atoms with Crippen LogP contribution in [0.5, 0.6) is 0 Å². The molecule has 40 heavy (non-hydrogen) atoms. The number of halogens is 4. The first kappa shape index (κ1) is 32.3. The molecule has 0 spiro atoms. The van der Waals surface area contributed by atoms with Gasteiger partial charge in [-0.2, -0.15) is 8.42 Å². The highest BCUT2D eigenvalue weighted by Crippen LogP contribution is 2.45. The Balaban J connectivity index is 0.000000810. The smallest absolute Gasteiger partial charge is 0.418 e. The van der Waals surface area contributed by atoms with E-state index in [4.69, 9.17) is 4.18 Å². The highest BCUT2D eigenvalue weighted by atomic mass is 32.2. The van der Waals surface area contributed by atoms with E-state index in [1.54, 1.807) is 24.3 Å². The Kier molecular flexibility index (Phi) is 12.7. The maximum atomic E-state index is 12.2. The summed E-state index contributed by atoms with van der Waals surface area (Å²) in [4.78, 5) is 5.83. The lowest BCUT2D eigenvalue weighted by atomic mass is 10.1. The molecule has 3 aromatic rings. The summed E-state index contributed by atoms with van der Waals surface area (Å²) >= 11 is 1.88. The number of benzene rings is 3. The van der Waals surface area contributed by atoms with E-state index in [-0.39, 0.29) is 22.4 Å². The molecule has 1 aliphatic rings. The summed E-state index contributed by atoms with van der Waals surface area (Å²) < 4.78 is 68.6. The predicted octanol–water partition coefficient (Wildman–Crippen LogP) is 9.45. The molecule has 0 aliphatic carbocycles. The molecule has 0 unspecified atom stereocenters. The Bertz CT molecular complexity index is 1300. The summed E-state index contributed by atoms with van der Waals surface area (Å²) in [6, 6.07) is 24.3. The van der Waals surface area contributed by atoms with Crippen LogP contribution in [0.1, 0.15) is 50.5 Å². The van der Waals surface area contributed by atoms with Crippen molar-refractivity contribution in [2.45, 2.75) is 76.3 Å². The van der Waals surface area contributed by atoms with Crippen molar-refractivity contribution in [1.82, 2.24) is 0 Å². The molecule has 0 saturated carbocycles. The molecule has 0 atom stereocenters. The summed E-state index contributed by atoms with van der Waals surface area (Å²) in [6.45, 7) is 2.19. The van der Waals surface area contributed by atoms with Gasteiger partial charge in [0.15, 0.2) is 9.79 Å². The fourth-order valence-electron chi connectivity index (χ4n) is 3.99. The zero-order valence-corrected chi connectivity index (χ0v) is 24.7. The molecule has 0 bridgehead atoms. The first-order chi connectivity index (χ1) is 19.0. The Morgan fingerprint density at radius 2 is 1.27 bits per heavy atom. The van der Waals surface area contributed by atoms with Gasteiger partial charge in [-0.05, 0) is 68.7 Å². The summed E-state index contributed by atoms with van der Waals surface area (Å²) in [7, 11) is -9.63. The van der Waals surface area contributed by atoms with E-state index >= 15 is 0 Å². The summed E-state index contributed by atoms with van der Waals surface area (Å²) in [5.74, 6) is 0. The second kappa shape index (κ2) is 15.7. The van der Waals surface area contributed by atoms with Crippen molar-refractivity contribution in [3.05, 3.63) is 89.8 Å². The second-order valence-corrected chi connectivity index (χ2v) is 13.7. The van der Waals surface area contributed by atoms with Crippen LogP contribution in [0, 0.1) is 6.92 Å². The van der Waals surface area contributed by atoms with E-state index < -0.39 is 17.4 Å². The van der Waals surface area contributed by atoms with E-state index in [0.29, 0.717) is 0 Å². The number of rotatable bonds is 12. The topological polar surface area (TPSA) is 43.4 Å². The molecular formula is C29H33BF4O3S3. The molecule has 3 nitrogen and oxygen atoms in total. The number of fused-ring (bicyclic) bond motifs is 2. The Morgan fingerprint density at radius 1 is 0.775 bits per heavy atom. The molecule has 0 saturated heterocycles. The van der Waals surface area contributed by atoms with Crippen LogP contribution in [0.25, 0.3) is 0 Å². The molecule has 0 aromatic heterocycles. The lowest BCUT2D eigenvalue weighted by molar-refractivity contribution is 0.306. The van der Waals surface area contributed by atoms with E-state index in [0.717, 1.165) is 31.2 Å². The van der Waals surface area contributed by atoms with Crippen LogP contribution in [-0.2, 0) is 25.2 Å². The monoisotopic (exact) mass is 612 g/mol. The van der Waals surface area contributed by atoms with E-state index in [9.17, 15) is 25.7 Å². The number of hydrogen-bond donors (Lipinski definition) is 0. The first-order valence-electron chi connectivity index (χ1n) is 13.1. The van der Waals surface area contributed by atoms with Crippen LogP contribution >= 0.6 is 11.8 Å². The third-order valence-corrected chi connectivity index (χ3v) is 10.8. The van der Waals surface area contributed by atoms with Crippen LogP contribution in [0.2, 0.25) is 0 Å². The fraction of sp³-hybridized carbons (Fsp3) is 0.310. The lowest BCUT2D eigenvalue weighted by Gasteiger charge is -2.16. The second-order valence-electron chi connectivity index (χ2n) is 9.20. The third-order valence-electron chi connectivity index (χ3n) is 5.94. The molecule has 3 aromatic carbocycles. The number of allylic oxidation sites excluding steroid dienone is 1. The minimum Gasteiger partial charge on any atom is -0.418 e. The summed E-state index contributed by atoms with van der Waals surface area (Å²) in [5, 5.41) is 2.41. The molecule has 0 radical (unpaired) electrons. The van der Waals surface area contributed by atoms with Crippen LogP contribution in [0.4, 0.5) is 17.3 Å². The molecule has 4 rings (SSSR count). The predicted molar refractivity (Wildman–Crippen MR) is 157 cm³/mol. The molecule has 11 heteroatoms. The normalized spacial score (nSPS) is 13.4. The average Bonchev–Trinajstić information content (AvgIpc) is 2.90. The Hall–Kier alpha value is -2.21. The van der Waals surface area contributed by atoms with Gasteiger partial charge in [0, 0.05) is 0 Å². The fourth-order valence-corrected chi connectivity index (χ4v) is 8.47. The van der Waals surface area contributed by atoms with E-state index in [2.05, 4.69) is 60.0 Å². The van der Waals surface area contributed by atoms with Crippen molar-refractivity contribution in [3.63, 3.8) is 0 Å². The molecule has 0 fully saturated rings. The van der Waals surface area contributed by atoms with Gasteiger partial charge < -0.3 is 17.3 Å². The van der Waals surface area contributed by atoms with E-state index in [1.165, 1.54) is 38.8 Å². The van der Waals surface area contributed by atoms with Gasteiger partial charge in [-0.25, -0.2) is 0 Å². The molecular weight excluding hydrogens is 579 g/mol. The minimum atomic E-state index is -6.00. The zero-order chi connectivity index (χ0) is 29.0. The minimum absolute atomic E-state index is 0.00581. The quantitative estimate of drug-likeness (QED) is 0.0672. The maximum absolute atomic E-state index is 12.2. The van der Waals surface area contributed by atoms with Crippen LogP contribution in [-0.4, -0.2) is 22.3 Å².